The highest BCUT2D eigenvalue weighted by atomic mass is 35.5. The lowest BCUT2D eigenvalue weighted by molar-refractivity contribution is 1.23. The summed E-state index contributed by atoms with van der Waals surface area (Å²) in [5.41, 5.74) is 2.18. The fourth-order valence-electron chi connectivity index (χ4n) is 2.05. The number of H-pyrrole nitrogens is 1. The molecule has 0 amide bonds. The van der Waals surface area contributed by atoms with Gasteiger partial charge in [-0.1, -0.05) is 53.2 Å². The van der Waals surface area contributed by atoms with Gasteiger partial charge in [-0.3, -0.25) is 0 Å². The van der Waals surface area contributed by atoms with E-state index >= 15 is 0 Å². The van der Waals surface area contributed by atoms with Crippen molar-refractivity contribution in [2.75, 3.05) is 0 Å². The Labute approximate surface area is 125 Å². The molecule has 0 aliphatic carbocycles. The van der Waals surface area contributed by atoms with Gasteiger partial charge in [0.15, 0.2) is 0 Å². The quantitative estimate of drug-likeness (QED) is 0.620. The first-order valence-corrected chi connectivity index (χ1v) is 7.42. The fourth-order valence-corrected chi connectivity index (χ4v) is 3.50. The van der Waals surface area contributed by atoms with Crippen molar-refractivity contribution in [3.05, 3.63) is 58.2 Å². The number of fused-ring (bicyclic) bond motifs is 1. The van der Waals surface area contributed by atoms with Gasteiger partial charge in [0.2, 0.25) is 0 Å². The van der Waals surface area contributed by atoms with E-state index in [1.165, 1.54) is 10.3 Å². The van der Waals surface area contributed by atoms with E-state index in [-0.39, 0.29) is 0 Å². The Hall–Kier alpha value is -1.09. The van der Waals surface area contributed by atoms with E-state index in [0.29, 0.717) is 0 Å². The second-order valence-corrected chi connectivity index (χ2v) is 6.20. The average molecular weight is 308 g/mol. The van der Waals surface area contributed by atoms with E-state index in [2.05, 4.69) is 11.9 Å². The predicted octanol–water partition coefficient (Wildman–Crippen LogP) is 5.93. The van der Waals surface area contributed by atoms with E-state index in [1.807, 2.05) is 42.5 Å². The smallest absolute Gasteiger partial charge is 0.0545 e. The Bertz CT molecular complexity index is 749. The SMILES string of the molecule is Cc1[nH]c2cc(Cl)ccc2c1Sc1ccccc1Cl. The van der Waals surface area contributed by atoms with Crippen LogP contribution < -0.4 is 0 Å². The lowest BCUT2D eigenvalue weighted by Gasteiger charge is -2.04. The van der Waals surface area contributed by atoms with Crippen molar-refractivity contribution in [1.82, 2.24) is 4.98 Å². The maximum Gasteiger partial charge on any atom is 0.0545 e. The second kappa shape index (κ2) is 5.12. The zero-order valence-corrected chi connectivity index (χ0v) is 12.5. The zero-order valence-electron chi connectivity index (χ0n) is 10.2. The van der Waals surface area contributed by atoms with Gasteiger partial charge in [0, 0.05) is 31.4 Å². The van der Waals surface area contributed by atoms with Crippen LogP contribution in [0.3, 0.4) is 0 Å². The molecule has 0 bridgehead atoms. The van der Waals surface area contributed by atoms with Gasteiger partial charge in [0.05, 0.1) is 5.02 Å². The molecule has 0 aliphatic heterocycles. The maximum atomic E-state index is 6.22. The monoisotopic (exact) mass is 307 g/mol. The minimum atomic E-state index is 0.739. The van der Waals surface area contributed by atoms with Crippen molar-refractivity contribution in [1.29, 1.82) is 0 Å². The predicted molar refractivity (Wildman–Crippen MR) is 83.6 cm³/mol. The van der Waals surface area contributed by atoms with Crippen LogP contribution in [0.15, 0.2) is 52.3 Å². The molecule has 0 radical (unpaired) electrons. The highest BCUT2D eigenvalue weighted by Crippen LogP contribution is 2.39. The summed E-state index contributed by atoms with van der Waals surface area (Å²) in [6.07, 6.45) is 0. The van der Waals surface area contributed by atoms with E-state index in [0.717, 1.165) is 26.2 Å². The highest BCUT2D eigenvalue weighted by Gasteiger charge is 2.11. The van der Waals surface area contributed by atoms with Crippen LogP contribution in [0.5, 0.6) is 0 Å². The van der Waals surface area contributed by atoms with Gasteiger partial charge in [-0.25, -0.2) is 0 Å². The van der Waals surface area contributed by atoms with Crippen LogP contribution in [-0.2, 0) is 0 Å². The summed E-state index contributed by atoms with van der Waals surface area (Å²) in [7, 11) is 0. The van der Waals surface area contributed by atoms with Crippen LogP contribution >= 0.6 is 35.0 Å². The van der Waals surface area contributed by atoms with Crippen molar-refractivity contribution in [2.45, 2.75) is 16.7 Å². The van der Waals surface area contributed by atoms with Crippen LogP contribution in [0.25, 0.3) is 10.9 Å². The first-order valence-electron chi connectivity index (χ1n) is 5.85. The zero-order chi connectivity index (χ0) is 13.4. The molecule has 19 heavy (non-hydrogen) atoms. The van der Waals surface area contributed by atoms with Crippen molar-refractivity contribution in [3.8, 4) is 0 Å². The molecule has 96 valence electrons. The molecule has 0 fully saturated rings. The van der Waals surface area contributed by atoms with Crippen molar-refractivity contribution in [3.63, 3.8) is 0 Å². The molecule has 1 aromatic heterocycles. The van der Waals surface area contributed by atoms with Gasteiger partial charge in [-0.2, -0.15) is 0 Å². The van der Waals surface area contributed by atoms with Gasteiger partial charge in [0.25, 0.3) is 0 Å². The van der Waals surface area contributed by atoms with E-state index < -0.39 is 0 Å². The summed E-state index contributed by atoms with van der Waals surface area (Å²) >= 11 is 13.9. The molecule has 1 N–H and O–H groups in total. The fraction of sp³-hybridized carbons (Fsp3) is 0.0667. The molecule has 0 spiro atoms. The molecule has 0 saturated carbocycles. The summed E-state index contributed by atoms with van der Waals surface area (Å²) < 4.78 is 0. The Morgan fingerprint density at radius 1 is 1.05 bits per heavy atom. The third kappa shape index (κ3) is 2.48. The maximum absolute atomic E-state index is 6.22. The van der Waals surface area contributed by atoms with Gasteiger partial charge >= 0.3 is 0 Å². The van der Waals surface area contributed by atoms with Crippen LogP contribution in [0.1, 0.15) is 5.69 Å². The van der Waals surface area contributed by atoms with Crippen LogP contribution in [0, 0.1) is 6.92 Å². The molecule has 1 heterocycles. The Kier molecular flexibility index (Phi) is 3.48. The number of hydrogen-bond donors (Lipinski definition) is 1. The summed E-state index contributed by atoms with van der Waals surface area (Å²) in [6.45, 7) is 2.06. The van der Waals surface area contributed by atoms with Gasteiger partial charge in [0.1, 0.15) is 0 Å². The number of halogens is 2. The number of nitrogens with one attached hydrogen (secondary N) is 1. The third-order valence-electron chi connectivity index (χ3n) is 2.94. The van der Waals surface area contributed by atoms with E-state index in [4.69, 9.17) is 23.2 Å². The summed E-state index contributed by atoms with van der Waals surface area (Å²) in [4.78, 5) is 5.61. The minimum absolute atomic E-state index is 0.739. The Morgan fingerprint density at radius 3 is 2.63 bits per heavy atom. The molecule has 0 aliphatic rings. The molecule has 3 aromatic rings. The van der Waals surface area contributed by atoms with Crippen molar-refractivity contribution in [2.24, 2.45) is 0 Å². The Morgan fingerprint density at radius 2 is 1.84 bits per heavy atom. The first kappa shape index (κ1) is 12.9. The molecular formula is C15H11Cl2NS. The van der Waals surface area contributed by atoms with Gasteiger partial charge in [-0.15, -0.1) is 0 Å². The van der Waals surface area contributed by atoms with Gasteiger partial charge < -0.3 is 4.98 Å². The first-order chi connectivity index (χ1) is 9.15. The number of aromatic amines is 1. The third-order valence-corrected chi connectivity index (χ3v) is 4.92. The number of hydrogen-bond acceptors (Lipinski definition) is 1. The largest absolute Gasteiger partial charge is 0.358 e. The second-order valence-electron chi connectivity index (χ2n) is 4.30. The summed E-state index contributed by atoms with van der Waals surface area (Å²) in [6, 6.07) is 13.8. The number of aryl methyl sites for hydroxylation is 1. The minimum Gasteiger partial charge on any atom is -0.358 e. The number of aromatic nitrogens is 1. The normalized spacial score (nSPS) is 11.1. The van der Waals surface area contributed by atoms with Gasteiger partial charge in [-0.05, 0) is 31.2 Å². The molecule has 0 unspecified atom stereocenters. The molecule has 3 rings (SSSR count). The molecule has 0 atom stereocenters. The Balaban J connectivity index is 2.10. The molecular weight excluding hydrogens is 297 g/mol. The topological polar surface area (TPSA) is 15.8 Å². The lowest BCUT2D eigenvalue weighted by Crippen LogP contribution is -1.77. The molecule has 4 heteroatoms. The van der Waals surface area contributed by atoms with E-state index in [1.54, 1.807) is 11.8 Å². The molecule has 0 saturated heterocycles. The highest BCUT2D eigenvalue weighted by molar-refractivity contribution is 7.99. The van der Waals surface area contributed by atoms with Crippen molar-refractivity contribution < 1.29 is 0 Å². The van der Waals surface area contributed by atoms with Crippen LogP contribution in [0.2, 0.25) is 10.0 Å². The number of rotatable bonds is 2. The van der Waals surface area contributed by atoms with E-state index in [9.17, 15) is 0 Å². The molecule has 2 aromatic carbocycles. The van der Waals surface area contributed by atoms with Crippen LogP contribution in [0.4, 0.5) is 0 Å². The average Bonchev–Trinajstić information content (AvgIpc) is 2.68. The standard InChI is InChI=1S/C15H11Cl2NS/c1-9-15(19-14-5-3-2-4-12(14)17)11-7-6-10(16)8-13(11)18-9/h2-8,18H,1H3. The number of benzene rings is 2. The van der Waals surface area contributed by atoms with Crippen LogP contribution in [-0.4, -0.2) is 4.98 Å². The van der Waals surface area contributed by atoms with Crippen molar-refractivity contribution >= 4 is 45.9 Å². The lowest BCUT2D eigenvalue weighted by atomic mass is 10.2. The molecule has 1 nitrogen and oxygen atoms in total. The summed E-state index contributed by atoms with van der Waals surface area (Å²) in [5, 5.41) is 2.69. The summed E-state index contributed by atoms with van der Waals surface area (Å²) in [5.74, 6) is 0.